The quantitative estimate of drug-likeness (QED) is 0.458. The van der Waals surface area contributed by atoms with E-state index < -0.39 is 11.6 Å². The molecule has 0 saturated heterocycles. The molecule has 4 N–H and O–H groups in total. The third-order valence-corrected chi connectivity index (χ3v) is 2.97. The third kappa shape index (κ3) is 2.96. The van der Waals surface area contributed by atoms with Gasteiger partial charge in [0.25, 0.3) is 0 Å². The molecule has 0 radical (unpaired) electrons. The summed E-state index contributed by atoms with van der Waals surface area (Å²) in [5, 5.41) is 2.70. The zero-order valence-corrected chi connectivity index (χ0v) is 11.4. The van der Waals surface area contributed by atoms with Crippen LogP contribution in [0.1, 0.15) is 5.56 Å². The van der Waals surface area contributed by atoms with Crippen molar-refractivity contribution in [1.29, 1.82) is 0 Å². The Morgan fingerprint density at radius 1 is 1.26 bits per heavy atom. The number of aromatic nitrogens is 2. The minimum atomic E-state index is -0.603. The van der Waals surface area contributed by atoms with Crippen LogP contribution in [-0.2, 0) is 0 Å². The summed E-state index contributed by atoms with van der Waals surface area (Å²) < 4.78 is 27.1. The predicted molar refractivity (Wildman–Crippen MR) is 71.9 cm³/mol. The lowest BCUT2D eigenvalue weighted by Gasteiger charge is -2.11. The van der Waals surface area contributed by atoms with Crippen molar-refractivity contribution >= 4 is 33.4 Å². The molecule has 1 aromatic heterocycles. The molecule has 2 rings (SSSR count). The van der Waals surface area contributed by atoms with Crippen LogP contribution < -0.4 is 16.6 Å². The van der Waals surface area contributed by atoms with Crippen LogP contribution in [0.4, 0.5) is 26.2 Å². The van der Waals surface area contributed by atoms with Gasteiger partial charge in [0.1, 0.15) is 17.5 Å². The van der Waals surface area contributed by atoms with Crippen molar-refractivity contribution < 1.29 is 8.78 Å². The largest absolute Gasteiger partial charge is 0.337 e. The topological polar surface area (TPSA) is 75.9 Å². The van der Waals surface area contributed by atoms with Crippen molar-refractivity contribution in [2.24, 2.45) is 5.84 Å². The Kier molecular flexibility index (Phi) is 3.91. The number of hydrazine groups is 1. The van der Waals surface area contributed by atoms with E-state index in [9.17, 15) is 8.78 Å². The second-order valence-electron chi connectivity index (χ2n) is 3.74. The molecular formula is C11H10BrF2N5. The number of halogens is 3. The molecule has 0 fully saturated rings. The number of anilines is 3. The highest BCUT2D eigenvalue weighted by atomic mass is 79.9. The molecule has 1 heterocycles. The van der Waals surface area contributed by atoms with Crippen LogP contribution in [0.25, 0.3) is 0 Å². The molecule has 19 heavy (non-hydrogen) atoms. The molecule has 100 valence electrons. The second kappa shape index (κ2) is 5.45. The number of hydrogen-bond donors (Lipinski definition) is 3. The minimum absolute atomic E-state index is 0.0227. The molecular weight excluding hydrogens is 320 g/mol. The normalized spacial score (nSPS) is 10.4. The number of nitrogens with zero attached hydrogens (tertiary/aromatic N) is 2. The Bertz CT molecular complexity index is 620. The molecule has 1 aromatic carbocycles. The highest BCUT2D eigenvalue weighted by Gasteiger charge is 2.11. The molecule has 0 spiro atoms. The molecule has 0 unspecified atom stereocenters. The van der Waals surface area contributed by atoms with E-state index in [0.29, 0.717) is 11.4 Å². The first-order valence-electron chi connectivity index (χ1n) is 5.23. The lowest BCUT2D eigenvalue weighted by atomic mass is 10.2. The average Bonchev–Trinajstić information content (AvgIpc) is 2.38. The van der Waals surface area contributed by atoms with Gasteiger partial charge in [0.2, 0.25) is 5.95 Å². The van der Waals surface area contributed by atoms with Crippen LogP contribution >= 0.6 is 15.9 Å². The summed E-state index contributed by atoms with van der Waals surface area (Å²) in [6.45, 7) is 1.73. The summed E-state index contributed by atoms with van der Waals surface area (Å²) in [7, 11) is 0. The first kappa shape index (κ1) is 13.6. The Hall–Kier alpha value is -1.80. The summed E-state index contributed by atoms with van der Waals surface area (Å²) in [5.74, 6) is 4.52. The molecule has 0 bridgehead atoms. The maximum absolute atomic E-state index is 13.7. The van der Waals surface area contributed by atoms with E-state index in [1.165, 1.54) is 6.20 Å². The van der Waals surface area contributed by atoms with Crippen LogP contribution in [0.3, 0.4) is 0 Å². The van der Waals surface area contributed by atoms with Gasteiger partial charge in [-0.3, -0.25) is 5.43 Å². The van der Waals surface area contributed by atoms with E-state index in [-0.39, 0.29) is 16.1 Å². The Morgan fingerprint density at radius 2 is 2.00 bits per heavy atom. The second-order valence-corrected chi connectivity index (χ2v) is 4.60. The van der Waals surface area contributed by atoms with Crippen LogP contribution in [0.5, 0.6) is 0 Å². The van der Waals surface area contributed by atoms with E-state index in [0.717, 1.165) is 12.1 Å². The van der Waals surface area contributed by atoms with Crippen LogP contribution in [0.15, 0.2) is 22.8 Å². The van der Waals surface area contributed by atoms with Gasteiger partial charge in [-0.1, -0.05) is 0 Å². The molecule has 0 amide bonds. The average molecular weight is 330 g/mol. The summed E-state index contributed by atoms with van der Waals surface area (Å²) >= 11 is 2.91. The molecule has 2 aromatic rings. The van der Waals surface area contributed by atoms with Crippen molar-refractivity contribution in [3.8, 4) is 0 Å². The van der Waals surface area contributed by atoms with Gasteiger partial charge in [-0.2, -0.15) is 4.98 Å². The standard InChI is InChI=1S/C11H10BrF2N5/c1-5-4-16-11(19-15)18-10(5)17-9-3-7(13)6(12)2-8(9)14/h2-4H,15H2,1H3,(H2,16,17,18,19). The van der Waals surface area contributed by atoms with Gasteiger partial charge in [-0.25, -0.2) is 19.6 Å². The fraction of sp³-hybridized carbons (Fsp3) is 0.0909. The molecule has 8 heteroatoms. The summed E-state index contributed by atoms with van der Waals surface area (Å²) in [4.78, 5) is 7.91. The number of nitrogens with two attached hydrogens (primary N) is 1. The van der Waals surface area contributed by atoms with Gasteiger partial charge < -0.3 is 5.32 Å². The van der Waals surface area contributed by atoms with Gasteiger partial charge in [0.05, 0.1) is 10.2 Å². The van der Waals surface area contributed by atoms with Gasteiger partial charge in [0.15, 0.2) is 0 Å². The van der Waals surface area contributed by atoms with Crippen molar-refractivity contribution in [3.05, 3.63) is 40.0 Å². The Morgan fingerprint density at radius 3 is 2.68 bits per heavy atom. The SMILES string of the molecule is Cc1cnc(NN)nc1Nc1cc(F)c(Br)cc1F. The monoisotopic (exact) mass is 329 g/mol. The van der Waals surface area contributed by atoms with Gasteiger partial charge >= 0.3 is 0 Å². The van der Waals surface area contributed by atoms with Gasteiger partial charge in [-0.05, 0) is 28.9 Å². The number of nitrogens with one attached hydrogen (secondary N) is 2. The highest BCUT2D eigenvalue weighted by molar-refractivity contribution is 9.10. The maximum atomic E-state index is 13.7. The highest BCUT2D eigenvalue weighted by Crippen LogP contribution is 2.26. The number of benzene rings is 1. The summed E-state index contributed by atoms with van der Waals surface area (Å²) in [6, 6.07) is 2.08. The zero-order chi connectivity index (χ0) is 14.0. The van der Waals surface area contributed by atoms with Crippen molar-refractivity contribution in [3.63, 3.8) is 0 Å². The predicted octanol–water partition coefficient (Wildman–Crippen LogP) is 2.85. The summed E-state index contributed by atoms with van der Waals surface area (Å²) in [6.07, 6.45) is 1.51. The maximum Gasteiger partial charge on any atom is 0.239 e. The number of hydrogen-bond acceptors (Lipinski definition) is 5. The smallest absolute Gasteiger partial charge is 0.239 e. The number of rotatable bonds is 3. The third-order valence-electron chi connectivity index (χ3n) is 2.36. The van der Waals surface area contributed by atoms with Crippen LogP contribution in [-0.4, -0.2) is 9.97 Å². The van der Waals surface area contributed by atoms with Gasteiger partial charge in [0, 0.05) is 17.8 Å². The molecule has 0 aliphatic carbocycles. The molecule has 0 atom stereocenters. The van der Waals surface area contributed by atoms with Crippen molar-refractivity contribution in [2.45, 2.75) is 6.92 Å². The van der Waals surface area contributed by atoms with E-state index in [2.05, 4.69) is 36.6 Å². The molecule has 0 saturated carbocycles. The minimum Gasteiger partial charge on any atom is -0.337 e. The Labute approximate surface area is 116 Å². The Balaban J connectivity index is 2.38. The number of nitrogen functional groups attached to an aromatic ring is 1. The van der Waals surface area contributed by atoms with E-state index in [1.54, 1.807) is 6.92 Å². The van der Waals surface area contributed by atoms with Crippen molar-refractivity contribution in [1.82, 2.24) is 9.97 Å². The lowest BCUT2D eigenvalue weighted by molar-refractivity contribution is 0.597. The van der Waals surface area contributed by atoms with E-state index >= 15 is 0 Å². The zero-order valence-electron chi connectivity index (χ0n) is 9.84. The fourth-order valence-electron chi connectivity index (χ4n) is 1.38. The van der Waals surface area contributed by atoms with Crippen LogP contribution in [0.2, 0.25) is 0 Å². The van der Waals surface area contributed by atoms with Crippen LogP contribution in [0, 0.1) is 18.6 Å². The fourth-order valence-corrected chi connectivity index (χ4v) is 1.70. The lowest BCUT2D eigenvalue weighted by Crippen LogP contribution is -2.12. The first-order valence-corrected chi connectivity index (χ1v) is 6.02. The first-order chi connectivity index (χ1) is 9.01. The van der Waals surface area contributed by atoms with Gasteiger partial charge in [-0.15, -0.1) is 0 Å². The van der Waals surface area contributed by atoms with E-state index in [4.69, 9.17) is 5.84 Å². The summed E-state index contributed by atoms with van der Waals surface area (Å²) in [5.41, 5.74) is 2.92. The van der Waals surface area contributed by atoms with Crippen molar-refractivity contribution in [2.75, 3.05) is 10.7 Å². The number of aryl methyl sites for hydroxylation is 1. The molecule has 5 nitrogen and oxygen atoms in total. The van der Waals surface area contributed by atoms with E-state index in [1.807, 2.05) is 0 Å². The molecule has 0 aliphatic heterocycles. The molecule has 0 aliphatic rings.